The van der Waals surface area contributed by atoms with Gasteiger partial charge >= 0.3 is 6.36 Å². The number of halogens is 4. The van der Waals surface area contributed by atoms with E-state index in [2.05, 4.69) is 10.1 Å². The summed E-state index contributed by atoms with van der Waals surface area (Å²) in [5, 5.41) is 3.02. The fourth-order valence-electron chi connectivity index (χ4n) is 1.59. The number of ether oxygens (including phenoxy) is 1. The number of nitrogens with one attached hydrogen (secondary N) is 1. The van der Waals surface area contributed by atoms with E-state index in [0.29, 0.717) is 13.1 Å². The topological polar surface area (TPSA) is 47.3 Å². The molecule has 96 valence electrons. The SMILES string of the molecule is Cl.NC1(c2ccc(OC(F)(F)F)cc2)CNC1. The summed E-state index contributed by atoms with van der Waals surface area (Å²) in [6.07, 6.45) is -4.65. The minimum absolute atomic E-state index is 0. The highest BCUT2D eigenvalue weighted by Crippen LogP contribution is 2.27. The predicted octanol–water partition coefficient (Wildman–Crippen LogP) is 1.76. The molecule has 2 rings (SSSR count). The molecule has 0 unspecified atom stereocenters. The van der Waals surface area contributed by atoms with Crippen LogP contribution in [0.15, 0.2) is 24.3 Å². The van der Waals surface area contributed by atoms with Crippen molar-refractivity contribution in [1.82, 2.24) is 5.32 Å². The van der Waals surface area contributed by atoms with E-state index < -0.39 is 11.9 Å². The van der Waals surface area contributed by atoms with Gasteiger partial charge in [0.2, 0.25) is 0 Å². The second-order valence-electron chi connectivity index (χ2n) is 3.83. The lowest BCUT2D eigenvalue weighted by atomic mass is 9.85. The first-order chi connectivity index (χ1) is 7.39. The molecule has 1 heterocycles. The van der Waals surface area contributed by atoms with E-state index in [0.717, 1.165) is 5.56 Å². The molecule has 0 spiro atoms. The molecule has 1 fully saturated rings. The summed E-state index contributed by atoms with van der Waals surface area (Å²) in [6.45, 7) is 1.26. The van der Waals surface area contributed by atoms with Gasteiger partial charge in [0.15, 0.2) is 0 Å². The van der Waals surface area contributed by atoms with Crippen LogP contribution in [0.5, 0.6) is 5.75 Å². The van der Waals surface area contributed by atoms with Crippen LogP contribution in [0.3, 0.4) is 0 Å². The molecule has 0 amide bonds. The van der Waals surface area contributed by atoms with Gasteiger partial charge in [-0.1, -0.05) is 12.1 Å². The molecule has 1 aliphatic rings. The van der Waals surface area contributed by atoms with Crippen molar-refractivity contribution >= 4 is 12.4 Å². The van der Waals surface area contributed by atoms with Crippen LogP contribution in [0, 0.1) is 0 Å². The normalized spacial score (nSPS) is 17.9. The van der Waals surface area contributed by atoms with E-state index in [-0.39, 0.29) is 18.2 Å². The van der Waals surface area contributed by atoms with Gasteiger partial charge in [0.25, 0.3) is 0 Å². The second kappa shape index (κ2) is 4.72. The number of hydrogen-bond acceptors (Lipinski definition) is 3. The standard InChI is InChI=1S/C10H11F3N2O.ClH/c11-10(12,13)16-8-3-1-7(2-4-8)9(14)5-15-6-9;/h1-4,15H,5-6,14H2;1H. The molecule has 0 bridgehead atoms. The fourth-order valence-corrected chi connectivity index (χ4v) is 1.59. The van der Waals surface area contributed by atoms with Crippen molar-refractivity contribution in [2.75, 3.05) is 13.1 Å². The molecule has 0 atom stereocenters. The molecule has 3 N–H and O–H groups in total. The first kappa shape index (κ1) is 14.1. The fraction of sp³-hybridized carbons (Fsp3) is 0.400. The first-order valence-corrected chi connectivity index (χ1v) is 4.75. The molecule has 0 aromatic heterocycles. The predicted molar refractivity (Wildman–Crippen MR) is 59.1 cm³/mol. The number of alkyl halides is 3. The smallest absolute Gasteiger partial charge is 0.406 e. The van der Waals surface area contributed by atoms with Crippen LogP contribution in [0.4, 0.5) is 13.2 Å². The molecule has 1 aliphatic heterocycles. The third-order valence-corrected chi connectivity index (χ3v) is 2.54. The Kier molecular flexibility index (Phi) is 3.91. The monoisotopic (exact) mass is 268 g/mol. The van der Waals surface area contributed by atoms with Crippen molar-refractivity contribution < 1.29 is 17.9 Å². The Labute approximate surface area is 103 Å². The maximum atomic E-state index is 11.9. The van der Waals surface area contributed by atoms with Crippen LogP contribution in [-0.2, 0) is 5.54 Å². The lowest BCUT2D eigenvalue weighted by Gasteiger charge is -2.39. The van der Waals surface area contributed by atoms with Crippen molar-refractivity contribution in [3.63, 3.8) is 0 Å². The Hall–Kier alpha value is -0.980. The quantitative estimate of drug-likeness (QED) is 0.859. The van der Waals surface area contributed by atoms with Crippen molar-refractivity contribution in [3.05, 3.63) is 29.8 Å². The molecule has 0 radical (unpaired) electrons. The molecule has 0 saturated carbocycles. The zero-order chi connectivity index (χ0) is 11.8. The summed E-state index contributed by atoms with van der Waals surface area (Å²) in [5.74, 6) is -0.230. The van der Waals surface area contributed by atoms with Crippen molar-refractivity contribution in [2.45, 2.75) is 11.9 Å². The van der Waals surface area contributed by atoms with E-state index in [1.54, 1.807) is 12.1 Å². The molecule has 1 saturated heterocycles. The highest BCUT2D eigenvalue weighted by molar-refractivity contribution is 5.85. The van der Waals surface area contributed by atoms with Gasteiger partial charge in [0.05, 0.1) is 5.54 Å². The molecule has 7 heteroatoms. The maximum Gasteiger partial charge on any atom is 0.573 e. The lowest BCUT2D eigenvalue weighted by molar-refractivity contribution is -0.274. The van der Waals surface area contributed by atoms with E-state index in [9.17, 15) is 13.2 Å². The second-order valence-corrected chi connectivity index (χ2v) is 3.83. The molecule has 3 nitrogen and oxygen atoms in total. The molecule has 1 aromatic carbocycles. The van der Waals surface area contributed by atoms with E-state index in [1.165, 1.54) is 12.1 Å². The Bertz CT molecular complexity index is 376. The Morgan fingerprint density at radius 2 is 1.71 bits per heavy atom. The number of hydrogen-bond donors (Lipinski definition) is 2. The van der Waals surface area contributed by atoms with Crippen LogP contribution in [0.1, 0.15) is 5.56 Å². The summed E-state index contributed by atoms with van der Waals surface area (Å²) in [5.41, 5.74) is 6.32. The van der Waals surface area contributed by atoms with Gasteiger partial charge in [0.1, 0.15) is 5.75 Å². The Morgan fingerprint density at radius 1 is 1.18 bits per heavy atom. The average molecular weight is 269 g/mol. The van der Waals surface area contributed by atoms with Crippen molar-refractivity contribution in [2.24, 2.45) is 5.73 Å². The zero-order valence-electron chi connectivity index (χ0n) is 8.75. The van der Waals surface area contributed by atoms with Gasteiger partial charge in [-0.2, -0.15) is 0 Å². The largest absolute Gasteiger partial charge is 0.573 e. The first-order valence-electron chi connectivity index (χ1n) is 4.75. The Balaban J connectivity index is 0.00000144. The van der Waals surface area contributed by atoms with Gasteiger partial charge in [-0.3, -0.25) is 0 Å². The highest BCUT2D eigenvalue weighted by atomic mass is 35.5. The number of benzene rings is 1. The molecular weight excluding hydrogens is 257 g/mol. The van der Waals surface area contributed by atoms with Gasteiger partial charge in [-0.05, 0) is 17.7 Å². The minimum Gasteiger partial charge on any atom is -0.406 e. The highest BCUT2D eigenvalue weighted by Gasteiger charge is 2.35. The molecule has 17 heavy (non-hydrogen) atoms. The number of nitrogens with two attached hydrogens (primary N) is 1. The molecular formula is C10H12ClF3N2O. The zero-order valence-corrected chi connectivity index (χ0v) is 9.57. The van der Waals surface area contributed by atoms with Crippen molar-refractivity contribution in [3.8, 4) is 5.75 Å². The van der Waals surface area contributed by atoms with Crippen LogP contribution < -0.4 is 15.8 Å². The minimum atomic E-state index is -4.65. The van der Waals surface area contributed by atoms with E-state index in [4.69, 9.17) is 5.73 Å². The van der Waals surface area contributed by atoms with Crippen LogP contribution >= 0.6 is 12.4 Å². The van der Waals surface area contributed by atoms with Gasteiger partial charge in [-0.15, -0.1) is 25.6 Å². The lowest BCUT2D eigenvalue weighted by Crippen LogP contribution is -2.62. The van der Waals surface area contributed by atoms with Gasteiger partial charge in [0, 0.05) is 13.1 Å². The van der Waals surface area contributed by atoms with Crippen LogP contribution in [-0.4, -0.2) is 19.5 Å². The third-order valence-electron chi connectivity index (χ3n) is 2.54. The van der Waals surface area contributed by atoms with Crippen LogP contribution in [0.25, 0.3) is 0 Å². The Morgan fingerprint density at radius 3 is 2.06 bits per heavy atom. The van der Waals surface area contributed by atoms with Gasteiger partial charge < -0.3 is 15.8 Å². The van der Waals surface area contributed by atoms with E-state index in [1.807, 2.05) is 0 Å². The summed E-state index contributed by atoms with van der Waals surface area (Å²) in [6, 6.07) is 5.66. The molecule has 0 aliphatic carbocycles. The van der Waals surface area contributed by atoms with Crippen LogP contribution in [0.2, 0.25) is 0 Å². The maximum absolute atomic E-state index is 11.9. The number of rotatable bonds is 2. The summed E-state index contributed by atoms with van der Waals surface area (Å²) in [4.78, 5) is 0. The van der Waals surface area contributed by atoms with E-state index >= 15 is 0 Å². The summed E-state index contributed by atoms with van der Waals surface area (Å²) in [7, 11) is 0. The summed E-state index contributed by atoms with van der Waals surface area (Å²) < 4.78 is 39.5. The van der Waals surface area contributed by atoms with Crippen molar-refractivity contribution in [1.29, 1.82) is 0 Å². The summed E-state index contributed by atoms with van der Waals surface area (Å²) >= 11 is 0. The third kappa shape index (κ3) is 3.24. The molecule has 1 aromatic rings. The van der Waals surface area contributed by atoms with Gasteiger partial charge in [-0.25, -0.2) is 0 Å². The average Bonchev–Trinajstić information content (AvgIpc) is 2.13.